The molecule has 0 radical (unpaired) electrons. The van der Waals surface area contributed by atoms with E-state index in [1.54, 1.807) is 0 Å². The molecule has 2 heterocycles. The lowest BCUT2D eigenvalue weighted by Crippen LogP contribution is -2.66. The molecule has 7 aliphatic rings. The highest BCUT2D eigenvalue weighted by Crippen LogP contribution is 2.77. The summed E-state index contributed by atoms with van der Waals surface area (Å²) in [5.74, 6) is 4.38. The van der Waals surface area contributed by atoms with Crippen LogP contribution in [0.1, 0.15) is 120 Å². The highest BCUT2D eigenvalue weighted by molar-refractivity contribution is 5.19. The van der Waals surface area contributed by atoms with Gasteiger partial charge >= 0.3 is 0 Å². The molecule has 2 saturated heterocycles. The van der Waals surface area contributed by atoms with Crippen LogP contribution >= 0.6 is 0 Å². The monoisotopic (exact) mass is 722 g/mol. The van der Waals surface area contributed by atoms with Gasteiger partial charge in [-0.05, 0) is 127 Å². The van der Waals surface area contributed by atoms with E-state index in [2.05, 4.69) is 55.4 Å². The number of aliphatic hydroxyl groups is 6. The Hall–Kier alpha value is -0.400. The maximum absolute atomic E-state index is 11.1. The smallest absolute Gasteiger partial charge is 0.186 e. The first-order valence-electron chi connectivity index (χ1n) is 20.4. The van der Waals surface area contributed by atoms with E-state index in [0.717, 1.165) is 36.5 Å². The maximum Gasteiger partial charge on any atom is 0.186 e. The van der Waals surface area contributed by atoms with Crippen LogP contribution in [-0.2, 0) is 18.9 Å². The van der Waals surface area contributed by atoms with Crippen molar-refractivity contribution >= 4 is 0 Å². The van der Waals surface area contributed by atoms with Crippen LogP contribution < -0.4 is 0 Å². The van der Waals surface area contributed by atoms with Gasteiger partial charge in [-0.25, -0.2) is 0 Å². The van der Waals surface area contributed by atoms with Crippen LogP contribution in [0.15, 0.2) is 0 Å². The van der Waals surface area contributed by atoms with Crippen molar-refractivity contribution in [1.82, 2.24) is 0 Å². The minimum Gasteiger partial charge on any atom is -0.394 e. The van der Waals surface area contributed by atoms with Gasteiger partial charge in [0.15, 0.2) is 12.6 Å². The minimum absolute atomic E-state index is 0.163. The third kappa shape index (κ3) is 5.77. The van der Waals surface area contributed by atoms with E-state index >= 15 is 0 Å². The molecule has 7 rings (SSSR count). The zero-order valence-corrected chi connectivity index (χ0v) is 32.5. The molecule has 10 nitrogen and oxygen atoms in total. The number of aliphatic hydroxyl groups excluding tert-OH is 6. The van der Waals surface area contributed by atoms with Gasteiger partial charge in [0.05, 0.1) is 19.3 Å². The van der Waals surface area contributed by atoms with Crippen molar-refractivity contribution < 1.29 is 49.6 Å². The van der Waals surface area contributed by atoms with E-state index in [9.17, 15) is 30.6 Å². The summed E-state index contributed by atoms with van der Waals surface area (Å²) in [6, 6.07) is 0. The quantitative estimate of drug-likeness (QED) is 0.223. The number of ether oxygens (including phenoxy) is 4. The summed E-state index contributed by atoms with van der Waals surface area (Å²) in [4.78, 5) is 0. The summed E-state index contributed by atoms with van der Waals surface area (Å²) in [5, 5.41) is 62.1. The van der Waals surface area contributed by atoms with Gasteiger partial charge in [0.25, 0.3) is 0 Å². The van der Waals surface area contributed by atoms with Gasteiger partial charge in [-0.15, -0.1) is 0 Å². The van der Waals surface area contributed by atoms with Crippen LogP contribution in [0.4, 0.5) is 0 Å². The average Bonchev–Trinajstić information content (AvgIpc) is 3.57. The van der Waals surface area contributed by atoms with E-state index in [0.29, 0.717) is 28.1 Å². The molecule has 10 heteroatoms. The topological polar surface area (TPSA) is 158 Å². The van der Waals surface area contributed by atoms with Crippen molar-refractivity contribution in [3.63, 3.8) is 0 Å². The van der Waals surface area contributed by atoms with E-state index in [-0.39, 0.29) is 23.5 Å². The molecule has 294 valence electrons. The van der Waals surface area contributed by atoms with Gasteiger partial charge in [0.1, 0.15) is 42.7 Å². The summed E-state index contributed by atoms with van der Waals surface area (Å²) in [5.41, 5.74) is 1.18. The Balaban J connectivity index is 1.03. The summed E-state index contributed by atoms with van der Waals surface area (Å²) < 4.78 is 23.8. The Morgan fingerprint density at radius 3 is 2.00 bits per heavy atom. The molecule has 0 aromatic heterocycles. The predicted molar refractivity (Wildman–Crippen MR) is 190 cm³/mol. The maximum atomic E-state index is 11.1. The van der Waals surface area contributed by atoms with Gasteiger partial charge in [-0.2, -0.15) is 0 Å². The first-order valence-corrected chi connectivity index (χ1v) is 20.4. The van der Waals surface area contributed by atoms with E-state index in [4.69, 9.17) is 18.9 Å². The highest BCUT2D eigenvalue weighted by Gasteiger charge is 2.70. The summed E-state index contributed by atoms with van der Waals surface area (Å²) in [6.45, 7) is 19.4. The van der Waals surface area contributed by atoms with Crippen molar-refractivity contribution in [2.45, 2.75) is 181 Å². The molecule has 0 aromatic rings. The van der Waals surface area contributed by atoms with Crippen LogP contribution in [0.5, 0.6) is 0 Å². The highest BCUT2D eigenvalue weighted by atomic mass is 16.7. The molecule has 0 amide bonds. The van der Waals surface area contributed by atoms with Crippen LogP contribution in [-0.4, -0.2) is 105 Å². The Labute approximate surface area is 306 Å². The molecule has 5 saturated carbocycles. The van der Waals surface area contributed by atoms with Crippen LogP contribution in [0.25, 0.3) is 0 Å². The van der Waals surface area contributed by atoms with E-state index in [1.807, 2.05) is 0 Å². The molecule has 5 aliphatic carbocycles. The van der Waals surface area contributed by atoms with Crippen molar-refractivity contribution in [3.05, 3.63) is 0 Å². The number of fused-ring (bicyclic) bond motifs is 7. The van der Waals surface area contributed by atoms with Crippen LogP contribution in [0, 0.1) is 62.6 Å². The molecule has 6 N–H and O–H groups in total. The van der Waals surface area contributed by atoms with Crippen molar-refractivity contribution in [3.8, 4) is 0 Å². The van der Waals surface area contributed by atoms with Gasteiger partial charge in [0.2, 0.25) is 0 Å². The van der Waals surface area contributed by atoms with Crippen molar-refractivity contribution in [2.24, 2.45) is 62.6 Å². The number of hydrogen-bond acceptors (Lipinski definition) is 10. The third-order valence-electron chi connectivity index (χ3n) is 17.6. The van der Waals surface area contributed by atoms with Gasteiger partial charge < -0.3 is 49.6 Å². The Bertz CT molecular complexity index is 1260. The summed E-state index contributed by atoms with van der Waals surface area (Å²) in [6.07, 6.45) is 0.703. The average molecular weight is 723 g/mol. The molecule has 19 atom stereocenters. The normalized spacial score (nSPS) is 56.6. The molecule has 0 aromatic carbocycles. The molecule has 51 heavy (non-hydrogen) atoms. The van der Waals surface area contributed by atoms with Gasteiger partial charge in [-0.1, -0.05) is 55.4 Å². The van der Waals surface area contributed by atoms with Crippen LogP contribution in [0.2, 0.25) is 0 Å². The van der Waals surface area contributed by atoms with Crippen LogP contribution in [0.3, 0.4) is 0 Å². The Morgan fingerprint density at radius 2 is 1.31 bits per heavy atom. The molecule has 0 spiro atoms. The minimum atomic E-state index is -1.57. The fourth-order valence-corrected chi connectivity index (χ4v) is 14.5. The lowest BCUT2D eigenvalue weighted by molar-refractivity contribution is -0.309. The lowest BCUT2D eigenvalue weighted by atomic mass is 9.32. The standard InChI is InChI=1S/C41H70O10/c1-21(2)22-11-14-38(5)17-18-40(7)23(29(22)38)9-10-27-39(6)15-13-28(37(3,4)26(39)12-16-41(27,40)8)51-36-33(46)31(44)25(50-36)20-48-35-34(47)32(45)30(43)24(19-42)49-35/h21-36,42-47H,9-20H2,1-8H3/t22-,23+,24+,25+,26-,27+,28-,29+,30+,31-,32-,33+,34+,35+,36-,38+,39-,40+,41+/m0/s1. The molecule has 0 bridgehead atoms. The first-order chi connectivity index (χ1) is 23.8. The second-order valence-electron chi connectivity index (χ2n) is 20.3. The molecular formula is C41H70O10. The summed E-state index contributed by atoms with van der Waals surface area (Å²) >= 11 is 0. The lowest BCUT2D eigenvalue weighted by Gasteiger charge is -2.73. The predicted octanol–water partition coefficient (Wildman–Crippen LogP) is 4.39. The molecular weight excluding hydrogens is 652 g/mol. The molecule has 2 aliphatic heterocycles. The second kappa shape index (κ2) is 13.4. The SMILES string of the molecule is CC(C)[C@@H]1CC[C@]2(C)CC[C@]3(C)[C@H](CC[C@@H]4[C@@]5(C)CC[C@H](O[C@@H]6O[C@H](CO[C@@H]7O[C@H](CO)[C@@H](O)[C@H](O)[C@H]7O)[C@H](O)[C@H]6O)C(C)(C)[C@@H]5CC[C@]43C)[C@@H]12. The van der Waals surface area contributed by atoms with E-state index in [1.165, 1.54) is 51.4 Å². The van der Waals surface area contributed by atoms with Crippen molar-refractivity contribution in [1.29, 1.82) is 0 Å². The zero-order chi connectivity index (χ0) is 37.1. The van der Waals surface area contributed by atoms with Gasteiger partial charge in [0, 0.05) is 0 Å². The molecule has 0 unspecified atom stereocenters. The Kier molecular flexibility index (Phi) is 10.2. The number of rotatable bonds is 7. The van der Waals surface area contributed by atoms with E-state index < -0.39 is 61.9 Å². The number of hydrogen-bond donors (Lipinski definition) is 6. The summed E-state index contributed by atoms with van der Waals surface area (Å²) in [7, 11) is 0. The van der Waals surface area contributed by atoms with Gasteiger partial charge in [-0.3, -0.25) is 0 Å². The Morgan fingerprint density at radius 1 is 0.647 bits per heavy atom. The largest absolute Gasteiger partial charge is 0.394 e. The van der Waals surface area contributed by atoms with Crippen molar-refractivity contribution in [2.75, 3.05) is 13.2 Å². The third-order valence-corrected chi connectivity index (χ3v) is 17.6. The fraction of sp³-hybridized carbons (Fsp3) is 1.00. The molecule has 7 fully saturated rings. The zero-order valence-electron chi connectivity index (χ0n) is 32.5. The second-order valence-corrected chi connectivity index (χ2v) is 20.3. The fourth-order valence-electron chi connectivity index (χ4n) is 14.5. The first kappa shape index (κ1) is 38.9.